The van der Waals surface area contributed by atoms with E-state index in [0.29, 0.717) is 11.1 Å². The molecule has 0 fully saturated rings. The first-order valence-electron chi connectivity index (χ1n) is 6.30. The molecule has 1 heterocycles. The molecule has 1 aromatic carbocycles. The second kappa shape index (κ2) is 5.04. The molecule has 0 atom stereocenters. The van der Waals surface area contributed by atoms with Gasteiger partial charge in [-0.15, -0.1) is 0 Å². The zero-order valence-electron chi connectivity index (χ0n) is 12.1. The summed E-state index contributed by atoms with van der Waals surface area (Å²) < 4.78 is 6.58. The first-order valence-corrected chi connectivity index (χ1v) is 6.68. The molecule has 0 radical (unpaired) electrons. The number of ether oxygens (including phenoxy) is 1. The molecule has 2 aromatic rings. The van der Waals surface area contributed by atoms with Crippen LogP contribution in [-0.2, 0) is 4.74 Å². The number of halogens is 1. The zero-order chi connectivity index (χ0) is 15.9. The number of nitro groups is 1. The van der Waals surface area contributed by atoms with Crippen LogP contribution in [0.2, 0.25) is 5.02 Å². The minimum Gasteiger partial charge on any atom is -0.443 e. The van der Waals surface area contributed by atoms with Crippen molar-refractivity contribution < 1.29 is 14.5 Å². The second-order valence-corrected chi connectivity index (χ2v) is 6.09. The molecular formula is C14H15ClN2O4. The van der Waals surface area contributed by atoms with Crippen LogP contribution >= 0.6 is 11.6 Å². The van der Waals surface area contributed by atoms with Crippen LogP contribution in [0.3, 0.4) is 0 Å². The van der Waals surface area contributed by atoms with E-state index < -0.39 is 16.6 Å². The number of hydrogen-bond acceptors (Lipinski definition) is 4. The van der Waals surface area contributed by atoms with E-state index in [1.807, 2.05) is 0 Å². The van der Waals surface area contributed by atoms with Crippen molar-refractivity contribution in [2.24, 2.45) is 0 Å². The average molecular weight is 311 g/mol. The summed E-state index contributed by atoms with van der Waals surface area (Å²) in [6, 6.07) is 4.29. The number of aryl methyl sites for hydroxylation is 1. The van der Waals surface area contributed by atoms with E-state index in [4.69, 9.17) is 16.3 Å². The minimum absolute atomic E-state index is 0.0974. The molecule has 0 N–H and O–H groups in total. The number of nitro benzene ring substituents is 1. The molecule has 21 heavy (non-hydrogen) atoms. The van der Waals surface area contributed by atoms with Crippen LogP contribution in [0.15, 0.2) is 18.2 Å². The molecule has 0 unspecified atom stereocenters. The fourth-order valence-electron chi connectivity index (χ4n) is 2.09. The Hall–Kier alpha value is -2.08. The molecule has 0 amide bonds. The lowest BCUT2D eigenvalue weighted by Gasteiger charge is -2.20. The van der Waals surface area contributed by atoms with E-state index in [9.17, 15) is 14.9 Å². The van der Waals surface area contributed by atoms with Gasteiger partial charge < -0.3 is 4.74 Å². The van der Waals surface area contributed by atoms with Gasteiger partial charge in [0.05, 0.1) is 20.8 Å². The third kappa shape index (κ3) is 2.85. The molecule has 0 bridgehead atoms. The van der Waals surface area contributed by atoms with E-state index in [1.165, 1.54) is 16.7 Å². The Balaban J connectivity index is 2.71. The number of hydrogen-bond donors (Lipinski definition) is 0. The molecule has 1 aromatic heterocycles. The molecule has 0 aliphatic heterocycles. The Kier molecular flexibility index (Phi) is 3.67. The maximum Gasteiger partial charge on any atom is 0.419 e. The normalized spacial score (nSPS) is 11.7. The number of nitrogens with zero attached hydrogens (tertiary/aromatic N) is 2. The number of non-ortho nitro benzene ring substituents is 1. The van der Waals surface area contributed by atoms with Crippen molar-refractivity contribution in [2.45, 2.75) is 33.3 Å². The number of aromatic nitrogens is 1. The number of carbonyl (C=O) groups excluding carboxylic acids is 1. The van der Waals surface area contributed by atoms with Crippen LogP contribution in [0.25, 0.3) is 10.9 Å². The average Bonchev–Trinajstić information content (AvgIpc) is 2.64. The van der Waals surface area contributed by atoms with Crippen molar-refractivity contribution >= 4 is 34.3 Å². The summed E-state index contributed by atoms with van der Waals surface area (Å²) in [4.78, 5) is 22.9. The predicted molar refractivity (Wildman–Crippen MR) is 80.0 cm³/mol. The largest absolute Gasteiger partial charge is 0.443 e. The highest BCUT2D eigenvalue weighted by Gasteiger charge is 2.25. The van der Waals surface area contributed by atoms with Crippen LogP contribution < -0.4 is 0 Å². The van der Waals surface area contributed by atoms with Crippen LogP contribution in [0.4, 0.5) is 10.5 Å². The van der Waals surface area contributed by atoms with E-state index >= 15 is 0 Å². The van der Waals surface area contributed by atoms with E-state index in [2.05, 4.69) is 0 Å². The Morgan fingerprint density at radius 2 is 2.00 bits per heavy atom. The summed E-state index contributed by atoms with van der Waals surface area (Å²) in [6.07, 6.45) is -0.614. The summed E-state index contributed by atoms with van der Waals surface area (Å²) in [5, 5.41) is 11.7. The summed E-state index contributed by atoms with van der Waals surface area (Å²) in [6.45, 7) is 6.91. The lowest BCUT2D eigenvalue weighted by atomic mass is 10.2. The molecule has 0 saturated carbocycles. The first-order chi connectivity index (χ1) is 9.61. The Bertz CT molecular complexity index is 743. The first kappa shape index (κ1) is 15.3. The minimum atomic E-state index is -0.673. The quantitative estimate of drug-likeness (QED) is 0.581. The number of carbonyl (C=O) groups is 1. The standard InChI is InChI=1S/C14H15ClN2O4/c1-8-7-9-11(17(19)20)6-5-10(15)12(9)16(8)13(18)21-14(2,3)4/h5-7H,1-4H3. The van der Waals surface area contributed by atoms with Crippen LogP contribution in [0.1, 0.15) is 26.5 Å². The van der Waals surface area contributed by atoms with E-state index in [-0.39, 0.29) is 16.2 Å². The van der Waals surface area contributed by atoms with Crippen LogP contribution in [0, 0.1) is 17.0 Å². The van der Waals surface area contributed by atoms with Gasteiger partial charge in [-0.25, -0.2) is 9.36 Å². The SMILES string of the molecule is Cc1cc2c([N+](=O)[O-])ccc(Cl)c2n1C(=O)OC(C)(C)C. The lowest BCUT2D eigenvalue weighted by Crippen LogP contribution is -2.27. The van der Waals surface area contributed by atoms with Gasteiger partial charge in [0.2, 0.25) is 0 Å². The maximum atomic E-state index is 12.3. The van der Waals surface area contributed by atoms with Gasteiger partial charge in [0, 0.05) is 11.8 Å². The van der Waals surface area contributed by atoms with Crippen LogP contribution in [0.5, 0.6) is 0 Å². The lowest BCUT2D eigenvalue weighted by molar-refractivity contribution is -0.383. The smallest absolute Gasteiger partial charge is 0.419 e. The molecule has 7 heteroatoms. The van der Waals surface area contributed by atoms with Crippen molar-refractivity contribution in [3.05, 3.63) is 39.0 Å². The number of fused-ring (bicyclic) bond motifs is 1. The third-order valence-electron chi connectivity index (χ3n) is 2.85. The molecule has 0 aliphatic rings. The monoisotopic (exact) mass is 310 g/mol. The van der Waals surface area contributed by atoms with Crippen molar-refractivity contribution in [3.63, 3.8) is 0 Å². The summed E-state index contributed by atoms with van der Waals surface area (Å²) >= 11 is 6.12. The highest BCUT2D eigenvalue weighted by Crippen LogP contribution is 2.34. The maximum absolute atomic E-state index is 12.3. The number of benzene rings is 1. The fraction of sp³-hybridized carbons (Fsp3) is 0.357. The fourth-order valence-corrected chi connectivity index (χ4v) is 2.34. The number of rotatable bonds is 1. The van der Waals surface area contributed by atoms with Crippen molar-refractivity contribution in [2.75, 3.05) is 0 Å². The molecule has 0 spiro atoms. The van der Waals surface area contributed by atoms with Gasteiger partial charge in [-0.1, -0.05) is 11.6 Å². The van der Waals surface area contributed by atoms with Gasteiger partial charge in [0.25, 0.3) is 5.69 Å². The van der Waals surface area contributed by atoms with Crippen LogP contribution in [-0.4, -0.2) is 21.2 Å². The zero-order valence-corrected chi connectivity index (χ0v) is 12.9. The van der Waals surface area contributed by atoms with Crippen molar-refractivity contribution in [1.29, 1.82) is 0 Å². The highest BCUT2D eigenvalue weighted by atomic mass is 35.5. The predicted octanol–water partition coefficient (Wildman–Crippen LogP) is 4.29. The molecule has 0 aliphatic carbocycles. The van der Waals surface area contributed by atoms with E-state index in [1.54, 1.807) is 33.8 Å². The van der Waals surface area contributed by atoms with E-state index in [0.717, 1.165) is 0 Å². The van der Waals surface area contributed by atoms with Gasteiger partial charge in [-0.05, 0) is 39.8 Å². The third-order valence-corrected chi connectivity index (χ3v) is 3.15. The topological polar surface area (TPSA) is 74.4 Å². The van der Waals surface area contributed by atoms with Gasteiger partial charge >= 0.3 is 6.09 Å². The molecule has 0 saturated heterocycles. The summed E-state index contributed by atoms with van der Waals surface area (Å²) in [5.41, 5.74) is 0.0423. The van der Waals surface area contributed by atoms with Gasteiger partial charge in [-0.2, -0.15) is 0 Å². The summed E-state index contributed by atoms with van der Waals surface area (Å²) in [5.74, 6) is 0. The summed E-state index contributed by atoms with van der Waals surface area (Å²) in [7, 11) is 0. The molecular weight excluding hydrogens is 296 g/mol. The van der Waals surface area contributed by atoms with Crippen molar-refractivity contribution in [1.82, 2.24) is 4.57 Å². The van der Waals surface area contributed by atoms with Gasteiger partial charge in [0.15, 0.2) is 0 Å². The highest BCUT2D eigenvalue weighted by molar-refractivity contribution is 6.36. The molecule has 112 valence electrons. The van der Waals surface area contributed by atoms with Gasteiger partial charge in [-0.3, -0.25) is 10.1 Å². The van der Waals surface area contributed by atoms with Crippen molar-refractivity contribution in [3.8, 4) is 0 Å². The Morgan fingerprint density at radius 3 is 2.52 bits per heavy atom. The van der Waals surface area contributed by atoms with Gasteiger partial charge in [0.1, 0.15) is 5.60 Å². The molecule has 2 rings (SSSR count). The molecule has 6 nitrogen and oxygen atoms in total. The second-order valence-electron chi connectivity index (χ2n) is 5.69. The Morgan fingerprint density at radius 1 is 1.38 bits per heavy atom. The Labute approximate surface area is 126 Å².